The van der Waals surface area contributed by atoms with Crippen LogP contribution in [0.1, 0.15) is 15.9 Å². The number of hydrogen-bond acceptors (Lipinski definition) is 3. The van der Waals surface area contributed by atoms with E-state index in [1.165, 1.54) is 18.2 Å². The number of carbonyl (C=O) groups is 1. The van der Waals surface area contributed by atoms with Crippen LogP contribution >= 0.6 is 15.9 Å². The summed E-state index contributed by atoms with van der Waals surface area (Å²) in [4.78, 5) is 10.0. The standard InChI is InChI=1S/C14H12BrFN2O3S/c15-12-7-6-10(16)8-11(12)14(17,22(20)21)18-13(19)9-4-2-1-3-5-9/h1-8H,17H2,(H,18,19)(H,20,21). The molecular formula is C14H12BrFN2O3S. The van der Waals surface area contributed by atoms with Gasteiger partial charge in [-0.3, -0.25) is 10.5 Å². The van der Waals surface area contributed by atoms with Crippen LogP contribution in [0.25, 0.3) is 0 Å². The summed E-state index contributed by atoms with van der Waals surface area (Å²) >= 11 is 0.454. The Balaban J connectivity index is 2.43. The molecular weight excluding hydrogens is 375 g/mol. The van der Waals surface area contributed by atoms with Crippen LogP contribution in [-0.4, -0.2) is 14.7 Å². The Hall–Kier alpha value is -1.61. The van der Waals surface area contributed by atoms with Crippen molar-refractivity contribution in [3.05, 3.63) is 69.9 Å². The van der Waals surface area contributed by atoms with Gasteiger partial charge in [0, 0.05) is 15.6 Å². The molecule has 4 N–H and O–H groups in total. The van der Waals surface area contributed by atoms with Crippen molar-refractivity contribution in [1.82, 2.24) is 5.32 Å². The molecule has 0 aliphatic rings. The molecule has 2 unspecified atom stereocenters. The van der Waals surface area contributed by atoms with Gasteiger partial charge in [-0.15, -0.1) is 0 Å². The van der Waals surface area contributed by atoms with E-state index in [0.717, 1.165) is 12.1 Å². The fourth-order valence-corrected chi connectivity index (χ4v) is 3.05. The lowest BCUT2D eigenvalue weighted by molar-refractivity contribution is 0.0925. The molecule has 1 amide bonds. The van der Waals surface area contributed by atoms with Gasteiger partial charge < -0.3 is 9.87 Å². The first-order valence-electron chi connectivity index (χ1n) is 6.07. The van der Waals surface area contributed by atoms with E-state index in [9.17, 15) is 17.9 Å². The molecule has 22 heavy (non-hydrogen) atoms. The van der Waals surface area contributed by atoms with Crippen LogP contribution in [-0.2, 0) is 16.1 Å². The van der Waals surface area contributed by atoms with Crippen molar-refractivity contribution in [3.63, 3.8) is 0 Å². The number of benzene rings is 2. The van der Waals surface area contributed by atoms with Crippen LogP contribution in [0.4, 0.5) is 4.39 Å². The number of hydrogen-bond donors (Lipinski definition) is 3. The van der Waals surface area contributed by atoms with Crippen LogP contribution in [0, 0.1) is 5.82 Å². The Morgan fingerprint density at radius 2 is 1.91 bits per heavy atom. The van der Waals surface area contributed by atoms with Crippen molar-refractivity contribution < 1.29 is 17.9 Å². The second-order valence-electron chi connectivity index (χ2n) is 4.43. The Kier molecular flexibility index (Phi) is 5.07. The maximum atomic E-state index is 13.4. The molecule has 0 aliphatic heterocycles. The molecule has 5 nitrogen and oxygen atoms in total. The monoisotopic (exact) mass is 386 g/mol. The van der Waals surface area contributed by atoms with Crippen molar-refractivity contribution in [2.24, 2.45) is 5.73 Å². The van der Waals surface area contributed by atoms with Crippen LogP contribution in [0.3, 0.4) is 0 Å². The lowest BCUT2D eigenvalue weighted by Crippen LogP contribution is -2.56. The minimum absolute atomic E-state index is 0.0439. The normalized spacial score (nSPS) is 14.9. The molecule has 0 aromatic heterocycles. The fraction of sp³-hybridized carbons (Fsp3) is 0.0714. The SMILES string of the molecule is NC(NC(=O)c1ccccc1)(c1cc(F)ccc1Br)S(=O)O. The van der Waals surface area contributed by atoms with E-state index in [4.69, 9.17) is 5.73 Å². The molecule has 0 saturated carbocycles. The minimum atomic E-state index is -2.68. The second kappa shape index (κ2) is 6.66. The van der Waals surface area contributed by atoms with Gasteiger partial charge >= 0.3 is 0 Å². The topological polar surface area (TPSA) is 92.4 Å². The number of rotatable bonds is 4. The van der Waals surface area contributed by atoms with Gasteiger partial charge in [0.1, 0.15) is 5.82 Å². The van der Waals surface area contributed by atoms with E-state index in [0.29, 0.717) is 4.47 Å². The summed E-state index contributed by atoms with van der Waals surface area (Å²) in [6.07, 6.45) is 0. The molecule has 0 fully saturated rings. The highest BCUT2D eigenvalue weighted by Crippen LogP contribution is 2.28. The predicted molar refractivity (Wildman–Crippen MR) is 84.6 cm³/mol. The third-order valence-electron chi connectivity index (χ3n) is 2.94. The predicted octanol–water partition coefficient (Wildman–Crippen LogP) is 2.31. The summed E-state index contributed by atoms with van der Waals surface area (Å²) in [7, 11) is 0. The molecule has 116 valence electrons. The lowest BCUT2D eigenvalue weighted by atomic mass is 10.1. The van der Waals surface area contributed by atoms with Gasteiger partial charge in [0.25, 0.3) is 5.91 Å². The maximum Gasteiger partial charge on any atom is 0.253 e. The zero-order chi connectivity index (χ0) is 16.3. The number of nitrogens with two attached hydrogens (primary N) is 1. The molecule has 2 atom stereocenters. The van der Waals surface area contributed by atoms with Crippen molar-refractivity contribution in [3.8, 4) is 0 Å². The molecule has 2 aromatic carbocycles. The van der Waals surface area contributed by atoms with E-state index < -0.39 is 27.8 Å². The molecule has 2 aromatic rings. The van der Waals surface area contributed by atoms with Crippen LogP contribution in [0.5, 0.6) is 0 Å². The van der Waals surface area contributed by atoms with Crippen molar-refractivity contribution in [2.75, 3.05) is 0 Å². The van der Waals surface area contributed by atoms with Gasteiger partial charge in [-0.1, -0.05) is 34.1 Å². The van der Waals surface area contributed by atoms with E-state index in [1.54, 1.807) is 18.2 Å². The first-order valence-corrected chi connectivity index (χ1v) is 7.97. The van der Waals surface area contributed by atoms with Crippen molar-refractivity contribution >= 4 is 32.9 Å². The lowest BCUT2D eigenvalue weighted by Gasteiger charge is -2.28. The highest BCUT2D eigenvalue weighted by atomic mass is 79.9. The first kappa shape index (κ1) is 16.8. The summed E-state index contributed by atoms with van der Waals surface area (Å²) in [6, 6.07) is 11.5. The summed E-state index contributed by atoms with van der Waals surface area (Å²) in [6.45, 7) is 0. The molecule has 0 spiro atoms. The Bertz CT molecular complexity index is 729. The van der Waals surface area contributed by atoms with Gasteiger partial charge in [0.2, 0.25) is 4.99 Å². The Morgan fingerprint density at radius 1 is 1.27 bits per heavy atom. The van der Waals surface area contributed by atoms with E-state index in [2.05, 4.69) is 21.2 Å². The zero-order valence-electron chi connectivity index (χ0n) is 11.1. The molecule has 0 aliphatic carbocycles. The largest absolute Gasteiger partial charge is 0.318 e. The Morgan fingerprint density at radius 3 is 2.50 bits per heavy atom. The third-order valence-corrected chi connectivity index (χ3v) is 4.50. The molecule has 0 bridgehead atoms. The second-order valence-corrected chi connectivity index (χ2v) is 6.43. The van der Waals surface area contributed by atoms with Gasteiger partial charge in [-0.2, -0.15) is 0 Å². The van der Waals surface area contributed by atoms with E-state index in [1.807, 2.05) is 0 Å². The average Bonchev–Trinajstić information content (AvgIpc) is 2.50. The van der Waals surface area contributed by atoms with Crippen molar-refractivity contribution in [2.45, 2.75) is 4.99 Å². The number of nitrogens with one attached hydrogen (secondary N) is 1. The van der Waals surface area contributed by atoms with Crippen LogP contribution in [0.15, 0.2) is 53.0 Å². The first-order chi connectivity index (χ1) is 10.3. The smallest absolute Gasteiger partial charge is 0.253 e. The van der Waals surface area contributed by atoms with Gasteiger partial charge in [0.05, 0.1) is 0 Å². The molecule has 0 heterocycles. The minimum Gasteiger partial charge on any atom is -0.318 e. The van der Waals surface area contributed by atoms with Gasteiger partial charge in [0.15, 0.2) is 11.1 Å². The fourth-order valence-electron chi connectivity index (χ4n) is 1.82. The van der Waals surface area contributed by atoms with Gasteiger partial charge in [-0.25, -0.2) is 8.60 Å². The van der Waals surface area contributed by atoms with Crippen LogP contribution in [0.2, 0.25) is 0 Å². The highest BCUT2D eigenvalue weighted by Gasteiger charge is 2.38. The summed E-state index contributed by atoms with van der Waals surface area (Å²) < 4.78 is 34.9. The zero-order valence-corrected chi connectivity index (χ0v) is 13.5. The third kappa shape index (κ3) is 3.41. The van der Waals surface area contributed by atoms with E-state index >= 15 is 0 Å². The van der Waals surface area contributed by atoms with Crippen LogP contribution < -0.4 is 11.1 Å². The quantitative estimate of drug-likeness (QED) is 0.555. The van der Waals surface area contributed by atoms with E-state index in [-0.39, 0.29) is 11.1 Å². The molecule has 0 saturated heterocycles. The summed E-state index contributed by atoms with van der Waals surface area (Å²) in [5.74, 6) is -1.30. The molecule has 2 rings (SSSR count). The molecule has 0 radical (unpaired) electrons. The maximum absolute atomic E-state index is 13.4. The van der Waals surface area contributed by atoms with Gasteiger partial charge in [-0.05, 0) is 30.3 Å². The summed E-state index contributed by atoms with van der Waals surface area (Å²) in [5, 5.41) is 2.29. The van der Waals surface area contributed by atoms with Crippen molar-refractivity contribution in [1.29, 1.82) is 0 Å². The summed E-state index contributed by atoms with van der Waals surface area (Å²) in [5.41, 5.74) is 6.11. The molecule has 8 heteroatoms. The number of amides is 1. The number of carbonyl (C=O) groups excluding carboxylic acids is 1. The highest BCUT2D eigenvalue weighted by molar-refractivity contribution is 9.10. The number of halogens is 2. The Labute approximate surface area is 137 Å². The average molecular weight is 387 g/mol.